The first kappa shape index (κ1) is 8.81. The molecule has 0 aliphatic carbocycles. The Hall–Kier alpha value is -0.280. The number of rotatable bonds is 2. The van der Waals surface area contributed by atoms with Gasteiger partial charge in [-0.05, 0) is 6.92 Å². The third-order valence-electron chi connectivity index (χ3n) is 1.83. The van der Waals surface area contributed by atoms with Crippen LogP contribution in [-0.2, 0) is 9.53 Å². The fourth-order valence-corrected chi connectivity index (χ4v) is 1.16. The molecule has 3 nitrogen and oxygen atoms in total. The van der Waals surface area contributed by atoms with E-state index in [1.165, 1.54) is 0 Å². The zero-order chi connectivity index (χ0) is 8.43. The summed E-state index contributed by atoms with van der Waals surface area (Å²) in [6.45, 7) is 3.06. The van der Waals surface area contributed by atoms with Crippen molar-refractivity contribution in [1.29, 1.82) is 0 Å². The molecule has 1 amide bonds. The van der Waals surface area contributed by atoms with E-state index in [0.717, 1.165) is 0 Å². The van der Waals surface area contributed by atoms with Gasteiger partial charge < -0.3 is 9.64 Å². The summed E-state index contributed by atoms with van der Waals surface area (Å²) in [7, 11) is 1.65. The third-order valence-corrected chi connectivity index (χ3v) is 2.02. The molecule has 1 fully saturated rings. The summed E-state index contributed by atoms with van der Waals surface area (Å²) in [5.74, 6) is -0.0000309. The van der Waals surface area contributed by atoms with Gasteiger partial charge in [0.2, 0.25) is 5.91 Å². The van der Waals surface area contributed by atoms with Gasteiger partial charge in [-0.15, -0.1) is 11.6 Å². The van der Waals surface area contributed by atoms with Crippen molar-refractivity contribution < 1.29 is 9.53 Å². The Morgan fingerprint density at radius 1 is 1.73 bits per heavy atom. The zero-order valence-electron chi connectivity index (χ0n) is 6.71. The quantitative estimate of drug-likeness (QED) is 0.574. The van der Waals surface area contributed by atoms with Crippen molar-refractivity contribution in [2.75, 3.05) is 20.2 Å². The number of halogens is 1. The van der Waals surface area contributed by atoms with Gasteiger partial charge in [0, 0.05) is 20.2 Å². The van der Waals surface area contributed by atoms with Gasteiger partial charge in [-0.3, -0.25) is 4.79 Å². The second-order valence-electron chi connectivity index (χ2n) is 2.72. The summed E-state index contributed by atoms with van der Waals surface area (Å²) in [6, 6.07) is 0. The Kier molecular flexibility index (Phi) is 2.73. The van der Waals surface area contributed by atoms with E-state index in [-0.39, 0.29) is 12.0 Å². The molecule has 0 saturated carbocycles. The molecule has 0 aromatic carbocycles. The highest BCUT2D eigenvalue weighted by Crippen LogP contribution is 2.13. The van der Waals surface area contributed by atoms with Crippen LogP contribution in [0, 0.1) is 0 Å². The van der Waals surface area contributed by atoms with E-state index in [1.54, 1.807) is 18.9 Å². The van der Waals surface area contributed by atoms with E-state index in [9.17, 15) is 4.79 Å². The van der Waals surface area contributed by atoms with Crippen LogP contribution >= 0.6 is 11.6 Å². The minimum absolute atomic E-state index is 0.0000309. The van der Waals surface area contributed by atoms with E-state index in [0.29, 0.717) is 13.1 Å². The van der Waals surface area contributed by atoms with Crippen LogP contribution in [-0.4, -0.2) is 42.5 Å². The van der Waals surface area contributed by atoms with E-state index >= 15 is 0 Å². The summed E-state index contributed by atoms with van der Waals surface area (Å²) in [4.78, 5) is 12.8. The number of carbonyl (C=O) groups is 1. The maximum atomic E-state index is 11.1. The van der Waals surface area contributed by atoms with Crippen LogP contribution in [0.1, 0.15) is 6.92 Å². The maximum Gasteiger partial charge on any atom is 0.240 e. The maximum absolute atomic E-state index is 11.1. The van der Waals surface area contributed by atoms with Crippen LogP contribution in [0.2, 0.25) is 0 Å². The van der Waals surface area contributed by atoms with E-state index in [4.69, 9.17) is 16.3 Å². The molecule has 1 aliphatic heterocycles. The van der Waals surface area contributed by atoms with E-state index in [1.807, 2.05) is 0 Å². The number of hydrogen-bond donors (Lipinski definition) is 0. The molecule has 1 saturated heterocycles. The van der Waals surface area contributed by atoms with E-state index < -0.39 is 5.38 Å². The molecule has 0 aromatic rings. The van der Waals surface area contributed by atoms with Crippen molar-refractivity contribution in [2.24, 2.45) is 0 Å². The summed E-state index contributed by atoms with van der Waals surface area (Å²) in [5, 5.41) is -0.409. The number of hydrogen-bond acceptors (Lipinski definition) is 2. The molecule has 0 radical (unpaired) electrons. The number of amides is 1. The number of carbonyl (C=O) groups excluding carboxylic acids is 1. The lowest BCUT2D eigenvalue weighted by molar-refractivity contribution is -0.142. The number of likely N-dealkylation sites (tertiary alicyclic amines) is 1. The first-order valence-corrected chi connectivity index (χ1v) is 4.04. The Morgan fingerprint density at radius 3 is 2.64 bits per heavy atom. The fourth-order valence-electron chi connectivity index (χ4n) is 1.02. The third kappa shape index (κ3) is 1.84. The van der Waals surface area contributed by atoms with Crippen LogP contribution in [0.4, 0.5) is 0 Å². The number of ether oxygens (including phenoxy) is 1. The fraction of sp³-hybridized carbons (Fsp3) is 0.857. The molecule has 11 heavy (non-hydrogen) atoms. The molecule has 1 rings (SSSR count). The lowest BCUT2D eigenvalue weighted by Gasteiger charge is -2.38. The molecule has 0 aromatic heterocycles. The number of alkyl halides is 1. The summed E-state index contributed by atoms with van der Waals surface area (Å²) >= 11 is 5.59. The van der Waals surface area contributed by atoms with Crippen LogP contribution in [0.3, 0.4) is 0 Å². The molecule has 0 N–H and O–H groups in total. The minimum Gasteiger partial charge on any atom is -0.378 e. The van der Waals surface area contributed by atoms with Crippen molar-refractivity contribution in [3.63, 3.8) is 0 Å². The molecule has 0 unspecified atom stereocenters. The Morgan fingerprint density at radius 2 is 2.27 bits per heavy atom. The van der Waals surface area contributed by atoms with Crippen molar-refractivity contribution in [3.8, 4) is 0 Å². The van der Waals surface area contributed by atoms with Gasteiger partial charge >= 0.3 is 0 Å². The Balaban J connectivity index is 2.27. The molecule has 1 atom stereocenters. The lowest BCUT2D eigenvalue weighted by atomic mass is 10.1. The first-order chi connectivity index (χ1) is 5.15. The molecule has 1 heterocycles. The largest absolute Gasteiger partial charge is 0.378 e. The predicted molar refractivity (Wildman–Crippen MR) is 42.7 cm³/mol. The number of methoxy groups -OCH3 is 1. The smallest absolute Gasteiger partial charge is 0.240 e. The Labute approximate surface area is 71.3 Å². The van der Waals surface area contributed by atoms with Gasteiger partial charge in [0.05, 0.1) is 6.10 Å². The van der Waals surface area contributed by atoms with Crippen molar-refractivity contribution in [3.05, 3.63) is 0 Å². The highest BCUT2D eigenvalue weighted by atomic mass is 35.5. The molecule has 0 spiro atoms. The van der Waals surface area contributed by atoms with Gasteiger partial charge in [-0.25, -0.2) is 0 Å². The van der Waals surface area contributed by atoms with E-state index in [2.05, 4.69) is 0 Å². The van der Waals surface area contributed by atoms with Crippen LogP contribution in [0.15, 0.2) is 0 Å². The van der Waals surface area contributed by atoms with Gasteiger partial charge in [-0.2, -0.15) is 0 Å². The predicted octanol–water partition coefficient (Wildman–Crippen LogP) is 0.471. The van der Waals surface area contributed by atoms with Crippen LogP contribution in [0.25, 0.3) is 0 Å². The molecule has 1 aliphatic rings. The van der Waals surface area contributed by atoms with Crippen LogP contribution in [0.5, 0.6) is 0 Å². The lowest BCUT2D eigenvalue weighted by Crippen LogP contribution is -2.56. The summed E-state index contributed by atoms with van der Waals surface area (Å²) in [6.07, 6.45) is 0.217. The molecule has 64 valence electrons. The molecular weight excluding hydrogens is 166 g/mol. The SMILES string of the molecule is COC1CN(C(=O)[C@@H](C)Cl)C1. The highest BCUT2D eigenvalue weighted by molar-refractivity contribution is 6.30. The molecule has 0 bridgehead atoms. The normalized spacial score (nSPS) is 21.2. The summed E-state index contributed by atoms with van der Waals surface area (Å²) in [5.41, 5.74) is 0. The standard InChI is InChI=1S/C7H12ClNO2/c1-5(8)7(10)9-3-6(4-9)11-2/h5-6H,3-4H2,1-2H3/t5-/m1/s1. The van der Waals surface area contributed by atoms with Gasteiger partial charge in [0.25, 0.3) is 0 Å². The molecule has 4 heteroatoms. The second kappa shape index (κ2) is 3.41. The van der Waals surface area contributed by atoms with Crippen molar-refractivity contribution in [2.45, 2.75) is 18.4 Å². The Bertz CT molecular complexity index is 155. The average Bonchev–Trinajstić information content (AvgIpc) is 1.85. The first-order valence-electron chi connectivity index (χ1n) is 3.60. The summed E-state index contributed by atoms with van der Waals surface area (Å²) < 4.78 is 5.01. The highest BCUT2D eigenvalue weighted by Gasteiger charge is 2.31. The van der Waals surface area contributed by atoms with Crippen molar-refractivity contribution in [1.82, 2.24) is 4.90 Å². The zero-order valence-corrected chi connectivity index (χ0v) is 7.47. The topological polar surface area (TPSA) is 29.5 Å². The van der Waals surface area contributed by atoms with Crippen LogP contribution < -0.4 is 0 Å². The van der Waals surface area contributed by atoms with Crippen molar-refractivity contribution >= 4 is 17.5 Å². The number of nitrogens with zero attached hydrogens (tertiary/aromatic N) is 1. The average molecular weight is 178 g/mol. The van der Waals surface area contributed by atoms with Gasteiger partial charge in [0.1, 0.15) is 5.38 Å². The second-order valence-corrected chi connectivity index (χ2v) is 3.37. The molecular formula is C7H12ClNO2. The monoisotopic (exact) mass is 177 g/mol. The van der Waals surface area contributed by atoms with Gasteiger partial charge in [-0.1, -0.05) is 0 Å². The van der Waals surface area contributed by atoms with Gasteiger partial charge in [0.15, 0.2) is 0 Å². The minimum atomic E-state index is -0.409.